The van der Waals surface area contributed by atoms with Crippen LogP contribution in [0.2, 0.25) is 0 Å². The lowest BCUT2D eigenvalue weighted by molar-refractivity contribution is 0.0230. The number of cyclic esters (lactones) is 1. The highest BCUT2D eigenvalue weighted by Crippen LogP contribution is 2.32. The molecule has 9 heteroatoms. The first-order valence-electron chi connectivity index (χ1n) is 9.62. The van der Waals surface area contributed by atoms with Crippen LogP contribution in [0.3, 0.4) is 0 Å². The van der Waals surface area contributed by atoms with Crippen molar-refractivity contribution < 1.29 is 28.2 Å². The number of carbonyl (C=O) groups is 3. The van der Waals surface area contributed by atoms with Crippen molar-refractivity contribution in [1.82, 2.24) is 4.90 Å². The van der Waals surface area contributed by atoms with Gasteiger partial charge < -0.3 is 14.4 Å². The molecule has 2 saturated heterocycles. The summed E-state index contributed by atoms with van der Waals surface area (Å²) in [5.41, 5.74) is 1.29. The van der Waals surface area contributed by atoms with Gasteiger partial charge in [0.05, 0.1) is 42.3 Å². The number of carbonyl (C=O) groups excluding carboxylic acids is 3. The minimum Gasteiger partial charge on any atom is -0.422 e. The average Bonchev–Trinajstić information content (AvgIpc) is 3.26. The highest BCUT2D eigenvalue weighted by atomic mass is 19.1. The normalized spacial score (nSPS) is 21.3. The monoisotopic (exact) mass is 411 g/mol. The number of halogens is 1. The van der Waals surface area contributed by atoms with Crippen molar-refractivity contribution in [3.8, 4) is 0 Å². The second-order valence-electron chi connectivity index (χ2n) is 7.21. The second-order valence-corrected chi connectivity index (χ2v) is 7.21. The molecule has 3 amide bonds. The van der Waals surface area contributed by atoms with Crippen molar-refractivity contribution >= 4 is 29.3 Å². The Morgan fingerprint density at radius 2 is 1.60 bits per heavy atom. The van der Waals surface area contributed by atoms with Crippen LogP contribution in [0.4, 0.5) is 20.6 Å². The number of imide groups is 1. The van der Waals surface area contributed by atoms with E-state index < -0.39 is 30.0 Å². The number of nitrogens with zero attached hydrogens (tertiary/aromatic N) is 3. The smallest absolute Gasteiger partial charge is 0.416 e. The van der Waals surface area contributed by atoms with Crippen LogP contribution in [-0.4, -0.2) is 61.9 Å². The predicted molar refractivity (Wildman–Crippen MR) is 104 cm³/mol. The molecule has 8 nitrogen and oxygen atoms in total. The summed E-state index contributed by atoms with van der Waals surface area (Å²) >= 11 is 0. The molecule has 3 heterocycles. The molecule has 1 atom stereocenters. The van der Waals surface area contributed by atoms with Gasteiger partial charge >= 0.3 is 6.09 Å². The fourth-order valence-corrected chi connectivity index (χ4v) is 3.99. The number of morpholine rings is 1. The van der Waals surface area contributed by atoms with Crippen molar-refractivity contribution in [2.24, 2.45) is 0 Å². The highest BCUT2D eigenvalue weighted by molar-refractivity contribution is 6.21. The lowest BCUT2D eigenvalue weighted by Crippen LogP contribution is -2.42. The van der Waals surface area contributed by atoms with E-state index in [2.05, 4.69) is 0 Å². The first kappa shape index (κ1) is 18.6. The zero-order valence-electron chi connectivity index (χ0n) is 15.9. The van der Waals surface area contributed by atoms with Gasteiger partial charge in [0, 0.05) is 13.1 Å². The Bertz CT molecular complexity index is 1020. The molecule has 2 fully saturated rings. The number of hydrogen-bond donors (Lipinski definition) is 0. The van der Waals surface area contributed by atoms with E-state index in [0.29, 0.717) is 37.7 Å². The molecule has 0 saturated carbocycles. The molecule has 0 aliphatic carbocycles. The third kappa shape index (κ3) is 2.89. The van der Waals surface area contributed by atoms with Crippen LogP contribution in [0.25, 0.3) is 0 Å². The summed E-state index contributed by atoms with van der Waals surface area (Å²) < 4.78 is 25.3. The molecule has 2 aromatic rings. The van der Waals surface area contributed by atoms with E-state index in [4.69, 9.17) is 9.47 Å². The maximum atomic E-state index is 14.7. The maximum Gasteiger partial charge on any atom is 0.416 e. The summed E-state index contributed by atoms with van der Waals surface area (Å²) in [5.74, 6) is -1.49. The van der Waals surface area contributed by atoms with Gasteiger partial charge in [-0.15, -0.1) is 0 Å². The number of ether oxygens (including phenoxy) is 2. The largest absolute Gasteiger partial charge is 0.422 e. The first-order chi connectivity index (χ1) is 14.5. The molecule has 0 unspecified atom stereocenters. The molecular formula is C21H18FN3O5. The quantitative estimate of drug-likeness (QED) is 0.721. The molecular weight excluding hydrogens is 393 g/mol. The van der Waals surface area contributed by atoms with Gasteiger partial charge in [-0.3, -0.25) is 14.5 Å². The van der Waals surface area contributed by atoms with Crippen LogP contribution in [0.5, 0.6) is 0 Å². The number of amides is 3. The molecule has 0 spiro atoms. The van der Waals surface area contributed by atoms with Crippen molar-refractivity contribution in [2.75, 3.05) is 42.6 Å². The van der Waals surface area contributed by atoms with E-state index in [0.717, 1.165) is 4.90 Å². The van der Waals surface area contributed by atoms with Gasteiger partial charge in [-0.25, -0.2) is 14.1 Å². The summed E-state index contributed by atoms with van der Waals surface area (Å²) in [6, 6.07) is 10.9. The Hall–Kier alpha value is -3.46. The summed E-state index contributed by atoms with van der Waals surface area (Å²) in [6.07, 6.45) is -1.82. The van der Waals surface area contributed by atoms with Gasteiger partial charge in [-0.1, -0.05) is 12.1 Å². The van der Waals surface area contributed by atoms with Crippen LogP contribution < -0.4 is 9.80 Å². The van der Waals surface area contributed by atoms with E-state index in [9.17, 15) is 18.8 Å². The number of hydrogen-bond acceptors (Lipinski definition) is 6. The van der Waals surface area contributed by atoms with Crippen LogP contribution in [-0.2, 0) is 9.47 Å². The molecule has 3 aliphatic rings. The van der Waals surface area contributed by atoms with Crippen molar-refractivity contribution in [3.05, 3.63) is 59.4 Å². The van der Waals surface area contributed by atoms with Crippen molar-refractivity contribution in [3.63, 3.8) is 0 Å². The van der Waals surface area contributed by atoms with Gasteiger partial charge in [0.2, 0.25) is 6.23 Å². The zero-order chi connectivity index (χ0) is 20.8. The third-order valence-corrected chi connectivity index (χ3v) is 5.50. The molecule has 3 aliphatic heterocycles. The van der Waals surface area contributed by atoms with Gasteiger partial charge in [-0.05, 0) is 30.3 Å². The van der Waals surface area contributed by atoms with Gasteiger partial charge in [0.25, 0.3) is 11.8 Å². The molecule has 5 rings (SSSR count). The van der Waals surface area contributed by atoms with Gasteiger partial charge in [0.1, 0.15) is 5.82 Å². The van der Waals surface area contributed by atoms with E-state index in [1.807, 2.05) is 4.90 Å². The summed E-state index contributed by atoms with van der Waals surface area (Å²) in [4.78, 5) is 41.8. The SMILES string of the molecule is O=C1O[C@@H](N2C(=O)c3ccccc3C2=O)CN1c1ccc(N2CCOCC2)c(F)c1. The van der Waals surface area contributed by atoms with Gasteiger partial charge in [0.15, 0.2) is 0 Å². The number of anilines is 2. The first-order valence-corrected chi connectivity index (χ1v) is 9.62. The molecule has 0 N–H and O–H groups in total. The van der Waals surface area contributed by atoms with Crippen LogP contribution in [0.1, 0.15) is 20.7 Å². The zero-order valence-corrected chi connectivity index (χ0v) is 15.9. The highest BCUT2D eigenvalue weighted by Gasteiger charge is 2.46. The Labute approximate surface area is 171 Å². The lowest BCUT2D eigenvalue weighted by atomic mass is 10.1. The maximum absolute atomic E-state index is 14.7. The molecule has 2 aromatic carbocycles. The lowest BCUT2D eigenvalue weighted by Gasteiger charge is -2.29. The molecule has 0 radical (unpaired) electrons. The number of benzene rings is 2. The van der Waals surface area contributed by atoms with Crippen LogP contribution >= 0.6 is 0 Å². The van der Waals surface area contributed by atoms with Crippen molar-refractivity contribution in [1.29, 1.82) is 0 Å². The fourth-order valence-electron chi connectivity index (χ4n) is 3.99. The van der Waals surface area contributed by atoms with Crippen LogP contribution in [0, 0.1) is 5.82 Å². The summed E-state index contributed by atoms with van der Waals surface area (Å²) in [5, 5.41) is 0. The Kier molecular flexibility index (Phi) is 4.39. The number of rotatable bonds is 3. The molecule has 30 heavy (non-hydrogen) atoms. The Balaban J connectivity index is 1.36. The topological polar surface area (TPSA) is 79.4 Å². The third-order valence-electron chi connectivity index (χ3n) is 5.50. The van der Waals surface area contributed by atoms with E-state index in [1.54, 1.807) is 36.4 Å². The molecule has 0 aromatic heterocycles. The summed E-state index contributed by atoms with van der Waals surface area (Å²) in [6.45, 7) is 2.16. The minimum absolute atomic E-state index is 0.0688. The van der Waals surface area contributed by atoms with E-state index >= 15 is 0 Å². The Morgan fingerprint density at radius 1 is 0.933 bits per heavy atom. The number of fused-ring (bicyclic) bond motifs is 1. The van der Waals surface area contributed by atoms with Crippen molar-refractivity contribution in [2.45, 2.75) is 6.23 Å². The fraction of sp³-hybridized carbons (Fsp3) is 0.286. The summed E-state index contributed by atoms with van der Waals surface area (Å²) in [7, 11) is 0. The van der Waals surface area contributed by atoms with E-state index in [1.165, 1.54) is 11.0 Å². The Morgan fingerprint density at radius 3 is 2.23 bits per heavy atom. The predicted octanol–water partition coefficient (Wildman–Crippen LogP) is 2.24. The minimum atomic E-state index is -1.08. The van der Waals surface area contributed by atoms with E-state index in [-0.39, 0.29) is 17.7 Å². The standard InChI is InChI=1S/C21H18FN3O5/c22-16-11-13(5-6-17(16)23-7-9-29-10-8-23)24-12-18(30-21(24)28)25-19(26)14-3-1-2-4-15(14)20(25)27/h1-6,11,18H,7-10,12H2/t18-/m1/s1. The van der Waals surface area contributed by atoms with Crippen LogP contribution in [0.15, 0.2) is 42.5 Å². The molecule has 154 valence electrons. The molecule has 0 bridgehead atoms. The second kappa shape index (κ2) is 7.10. The average molecular weight is 411 g/mol. The van der Waals surface area contributed by atoms with Gasteiger partial charge in [-0.2, -0.15) is 0 Å².